The molecular formula is C16H24BrNO. The maximum atomic E-state index is 6.38. The number of fused-ring (bicyclic) bond motifs is 1. The molecule has 106 valence electrons. The van der Waals surface area contributed by atoms with Gasteiger partial charge >= 0.3 is 0 Å². The van der Waals surface area contributed by atoms with E-state index < -0.39 is 0 Å². The lowest BCUT2D eigenvalue weighted by molar-refractivity contribution is 0.0104. The highest BCUT2D eigenvalue weighted by atomic mass is 79.9. The molecule has 0 radical (unpaired) electrons. The molecule has 1 aromatic rings. The van der Waals surface area contributed by atoms with Gasteiger partial charge in [0.2, 0.25) is 0 Å². The van der Waals surface area contributed by atoms with Crippen LogP contribution in [0.1, 0.15) is 58.1 Å². The monoisotopic (exact) mass is 325 g/mol. The Morgan fingerprint density at radius 2 is 2.21 bits per heavy atom. The van der Waals surface area contributed by atoms with Crippen molar-refractivity contribution in [2.45, 2.75) is 58.1 Å². The van der Waals surface area contributed by atoms with Gasteiger partial charge in [-0.25, -0.2) is 0 Å². The number of hydrogen-bond donors (Lipinski definition) is 1. The van der Waals surface area contributed by atoms with Gasteiger partial charge in [0.15, 0.2) is 0 Å². The van der Waals surface area contributed by atoms with Gasteiger partial charge < -0.3 is 10.5 Å². The van der Waals surface area contributed by atoms with Crippen LogP contribution in [0.15, 0.2) is 22.7 Å². The fourth-order valence-electron chi connectivity index (χ4n) is 2.95. The zero-order valence-electron chi connectivity index (χ0n) is 12.1. The van der Waals surface area contributed by atoms with Crippen LogP contribution in [0.2, 0.25) is 0 Å². The summed E-state index contributed by atoms with van der Waals surface area (Å²) in [5.74, 6) is 1.62. The molecule has 0 saturated carbocycles. The van der Waals surface area contributed by atoms with Gasteiger partial charge in [-0.15, -0.1) is 0 Å². The van der Waals surface area contributed by atoms with E-state index in [-0.39, 0.29) is 11.6 Å². The average molecular weight is 326 g/mol. The fraction of sp³-hybridized carbons (Fsp3) is 0.625. The Labute approximate surface area is 124 Å². The first-order valence-corrected chi connectivity index (χ1v) is 8.03. The third-order valence-corrected chi connectivity index (χ3v) is 4.85. The van der Waals surface area contributed by atoms with E-state index in [9.17, 15) is 0 Å². The standard InChI is InChI=1S/C16H24BrNO/c1-4-11(3)9-16(5-2)10-14(18)13-7-6-12(17)8-15(13)19-16/h6-8,11,14H,4-5,9-10,18H2,1-3H3/t11?,14-,16?/m0/s1. The molecule has 19 heavy (non-hydrogen) atoms. The summed E-state index contributed by atoms with van der Waals surface area (Å²) in [5.41, 5.74) is 7.41. The maximum absolute atomic E-state index is 6.38. The summed E-state index contributed by atoms with van der Waals surface area (Å²) in [6, 6.07) is 6.25. The third kappa shape index (κ3) is 3.14. The molecule has 0 bridgehead atoms. The van der Waals surface area contributed by atoms with Gasteiger partial charge in [-0.2, -0.15) is 0 Å². The van der Waals surface area contributed by atoms with Gasteiger partial charge in [0.05, 0.1) is 0 Å². The lowest BCUT2D eigenvalue weighted by Crippen LogP contribution is -2.43. The summed E-state index contributed by atoms with van der Waals surface area (Å²) in [7, 11) is 0. The van der Waals surface area contributed by atoms with Crippen molar-refractivity contribution in [2.75, 3.05) is 0 Å². The smallest absolute Gasteiger partial charge is 0.126 e. The van der Waals surface area contributed by atoms with E-state index >= 15 is 0 Å². The number of benzene rings is 1. The molecule has 0 spiro atoms. The van der Waals surface area contributed by atoms with Crippen molar-refractivity contribution in [3.8, 4) is 5.75 Å². The van der Waals surface area contributed by atoms with Crippen molar-refractivity contribution in [3.05, 3.63) is 28.2 Å². The zero-order chi connectivity index (χ0) is 14.0. The van der Waals surface area contributed by atoms with Crippen molar-refractivity contribution >= 4 is 15.9 Å². The predicted octanol–water partition coefficient (Wildman–Crippen LogP) is 4.82. The first-order chi connectivity index (χ1) is 8.99. The Morgan fingerprint density at radius 1 is 1.47 bits per heavy atom. The highest BCUT2D eigenvalue weighted by molar-refractivity contribution is 9.10. The summed E-state index contributed by atoms with van der Waals surface area (Å²) < 4.78 is 7.43. The van der Waals surface area contributed by atoms with E-state index in [1.807, 2.05) is 6.07 Å². The van der Waals surface area contributed by atoms with Crippen molar-refractivity contribution in [3.63, 3.8) is 0 Å². The molecule has 3 atom stereocenters. The average Bonchev–Trinajstić information content (AvgIpc) is 2.38. The molecule has 1 aromatic carbocycles. The van der Waals surface area contributed by atoms with Crippen LogP contribution in [-0.2, 0) is 0 Å². The van der Waals surface area contributed by atoms with Gasteiger partial charge in [0.25, 0.3) is 0 Å². The largest absolute Gasteiger partial charge is 0.487 e. The Balaban J connectivity index is 2.30. The minimum absolute atomic E-state index is 0.0841. The van der Waals surface area contributed by atoms with Gasteiger partial charge in [0, 0.05) is 22.5 Å². The van der Waals surface area contributed by atoms with Crippen LogP contribution >= 0.6 is 15.9 Å². The van der Waals surface area contributed by atoms with Crippen molar-refractivity contribution in [1.29, 1.82) is 0 Å². The van der Waals surface area contributed by atoms with E-state index in [4.69, 9.17) is 10.5 Å². The summed E-state index contributed by atoms with van der Waals surface area (Å²) >= 11 is 3.51. The van der Waals surface area contributed by atoms with Crippen LogP contribution in [0.25, 0.3) is 0 Å². The molecule has 0 saturated heterocycles. The normalized spacial score (nSPS) is 27.5. The van der Waals surface area contributed by atoms with E-state index in [0.29, 0.717) is 5.92 Å². The number of hydrogen-bond acceptors (Lipinski definition) is 2. The number of ether oxygens (including phenoxy) is 1. The van der Waals surface area contributed by atoms with E-state index in [0.717, 1.165) is 35.0 Å². The van der Waals surface area contributed by atoms with Gasteiger partial charge in [0.1, 0.15) is 11.4 Å². The molecule has 2 N–H and O–H groups in total. The number of rotatable bonds is 4. The Bertz CT molecular complexity index is 448. The molecule has 2 rings (SSSR count). The minimum atomic E-state index is -0.0946. The van der Waals surface area contributed by atoms with Crippen molar-refractivity contribution in [2.24, 2.45) is 11.7 Å². The topological polar surface area (TPSA) is 35.2 Å². The maximum Gasteiger partial charge on any atom is 0.126 e. The molecule has 2 nitrogen and oxygen atoms in total. The zero-order valence-corrected chi connectivity index (χ0v) is 13.7. The first-order valence-electron chi connectivity index (χ1n) is 7.23. The molecule has 2 unspecified atom stereocenters. The van der Waals surface area contributed by atoms with E-state index in [1.165, 1.54) is 6.42 Å². The minimum Gasteiger partial charge on any atom is -0.487 e. The molecular weight excluding hydrogens is 302 g/mol. The molecule has 3 heteroatoms. The SMILES string of the molecule is CCC(C)CC1(CC)C[C@H](N)c2ccc(Br)cc2O1. The third-order valence-electron chi connectivity index (χ3n) is 4.36. The highest BCUT2D eigenvalue weighted by Crippen LogP contribution is 2.44. The summed E-state index contributed by atoms with van der Waals surface area (Å²) in [4.78, 5) is 0. The van der Waals surface area contributed by atoms with Crippen molar-refractivity contribution in [1.82, 2.24) is 0 Å². The van der Waals surface area contributed by atoms with Crippen LogP contribution in [0.3, 0.4) is 0 Å². The Kier molecular flexibility index (Phi) is 4.57. The molecule has 0 fully saturated rings. The molecule has 0 aromatic heterocycles. The lowest BCUT2D eigenvalue weighted by atomic mass is 9.79. The Morgan fingerprint density at radius 3 is 2.84 bits per heavy atom. The number of halogens is 1. The second kappa shape index (κ2) is 5.84. The fourth-order valence-corrected chi connectivity index (χ4v) is 3.29. The predicted molar refractivity (Wildman–Crippen MR) is 83.4 cm³/mol. The van der Waals surface area contributed by atoms with Crippen molar-refractivity contribution < 1.29 is 4.74 Å². The lowest BCUT2D eigenvalue weighted by Gasteiger charge is -2.42. The first kappa shape index (κ1) is 14.9. The molecule has 0 amide bonds. The van der Waals surface area contributed by atoms with Gasteiger partial charge in [-0.3, -0.25) is 0 Å². The molecule has 1 aliphatic heterocycles. The quantitative estimate of drug-likeness (QED) is 0.861. The second-order valence-electron chi connectivity index (χ2n) is 5.85. The van der Waals surface area contributed by atoms with Gasteiger partial charge in [-0.1, -0.05) is 49.2 Å². The summed E-state index contributed by atoms with van der Waals surface area (Å²) in [5, 5.41) is 0. The number of nitrogens with two attached hydrogens (primary N) is 1. The van der Waals surface area contributed by atoms with E-state index in [2.05, 4.69) is 48.8 Å². The summed E-state index contributed by atoms with van der Waals surface area (Å²) in [6.45, 7) is 6.74. The Hall–Kier alpha value is -0.540. The summed E-state index contributed by atoms with van der Waals surface area (Å²) in [6.07, 6.45) is 4.20. The second-order valence-corrected chi connectivity index (χ2v) is 6.76. The molecule has 1 aliphatic rings. The van der Waals surface area contributed by atoms with E-state index in [1.54, 1.807) is 0 Å². The van der Waals surface area contributed by atoms with Gasteiger partial charge in [-0.05, 0) is 30.9 Å². The molecule has 1 heterocycles. The molecule has 0 aliphatic carbocycles. The van der Waals surface area contributed by atoms with Crippen LogP contribution < -0.4 is 10.5 Å². The highest BCUT2D eigenvalue weighted by Gasteiger charge is 2.39. The van der Waals surface area contributed by atoms with Crippen LogP contribution in [-0.4, -0.2) is 5.60 Å². The van der Waals surface area contributed by atoms with Crippen LogP contribution in [0.5, 0.6) is 5.75 Å². The van der Waals surface area contributed by atoms with Crippen LogP contribution in [0, 0.1) is 5.92 Å². The van der Waals surface area contributed by atoms with Crippen LogP contribution in [0.4, 0.5) is 0 Å².